The molecule has 0 aliphatic heterocycles. The van der Waals surface area contributed by atoms with Gasteiger partial charge in [0.15, 0.2) is 4.90 Å². The molecule has 124 valence electrons. The monoisotopic (exact) mass is 349 g/mol. The van der Waals surface area contributed by atoms with Crippen molar-refractivity contribution in [2.24, 2.45) is 0 Å². The zero-order valence-corrected chi connectivity index (χ0v) is 13.2. The van der Waals surface area contributed by atoms with Crippen LogP contribution in [-0.2, 0) is 10.0 Å². The van der Waals surface area contributed by atoms with Crippen molar-refractivity contribution in [2.75, 3.05) is 10.0 Å². The lowest BCUT2D eigenvalue weighted by molar-refractivity contribution is 0.521. The van der Waals surface area contributed by atoms with E-state index in [1.165, 1.54) is 12.1 Å². The Hall–Kier alpha value is -2.66. The fourth-order valence-electron chi connectivity index (χ4n) is 2.21. The first-order valence-electron chi connectivity index (χ1n) is 7.18. The molecule has 1 aliphatic carbocycles. The zero-order chi connectivity index (χ0) is 17.3. The van der Waals surface area contributed by atoms with Gasteiger partial charge in [-0.2, -0.15) is 5.26 Å². The minimum absolute atomic E-state index is 0.0728. The third kappa shape index (κ3) is 3.31. The minimum atomic E-state index is -4.49. The lowest BCUT2D eigenvalue weighted by Gasteiger charge is -2.15. The molecule has 2 N–H and O–H groups in total. The maximum atomic E-state index is 13.8. The van der Waals surface area contributed by atoms with E-state index in [-0.39, 0.29) is 17.3 Å². The molecule has 3 rings (SSSR count). The number of halogens is 2. The van der Waals surface area contributed by atoms with E-state index in [0.717, 1.165) is 31.0 Å². The van der Waals surface area contributed by atoms with Crippen LogP contribution in [0, 0.1) is 23.0 Å². The fraction of sp³-hybridized carbons (Fsp3) is 0.188. The van der Waals surface area contributed by atoms with E-state index >= 15 is 0 Å². The van der Waals surface area contributed by atoms with Gasteiger partial charge in [0.1, 0.15) is 11.6 Å². The number of nitrogens with zero attached hydrogens (tertiary/aromatic N) is 1. The highest BCUT2D eigenvalue weighted by Gasteiger charge is 2.26. The van der Waals surface area contributed by atoms with Crippen molar-refractivity contribution in [3.05, 3.63) is 53.6 Å². The van der Waals surface area contributed by atoms with Crippen LogP contribution in [0.4, 0.5) is 20.2 Å². The number of nitrogens with one attached hydrogen (secondary N) is 2. The summed E-state index contributed by atoms with van der Waals surface area (Å²) >= 11 is 0. The molecule has 1 saturated carbocycles. The van der Waals surface area contributed by atoms with E-state index in [1.54, 1.807) is 6.07 Å². The van der Waals surface area contributed by atoms with Gasteiger partial charge in [-0.05, 0) is 43.2 Å². The third-order valence-electron chi connectivity index (χ3n) is 3.52. The van der Waals surface area contributed by atoms with Gasteiger partial charge in [-0.1, -0.05) is 6.07 Å². The summed E-state index contributed by atoms with van der Waals surface area (Å²) < 4.78 is 54.5. The first-order chi connectivity index (χ1) is 11.4. The lowest BCUT2D eigenvalue weighted by Crippen LogP contribution is -2.18. The largest absolute Gasteiger partial charge is 0.381 e. The molecule has 8 heteroatoms. The molecule has 0 radical (unpaired) electrons. The highest BCUT2D eigenvalue weighted by Crippen LogP contribution is 2.32. The first-order valence-corrected chi connectivity index (χ1v) is 8.66. The van der Waals surface area contributed by atoms with Crippen molar-refractivity contribution >= 4 is 21.4 Å². The van der Waals surface area contributed by atoms with Crippen molar-refractivity contribution in [3.8, 4) is 6.07 Å². The normalized spacial score (nSPS) is 14.0. The Kier molecular flexibility index (Phi) is 4.11. The predicted octanol–water partition coefficient (Wildman–Crippen LogP) is 3.21. The molecule has 0 unspecified atom stereocenters. The topological polar surface area (TPSA) is 82.0 Å². The van der Waals surface area contributed by atoms with Crippen molar-refractivity contribution < 1.29 is 17.2 Å². The van der Waals surface area contributed by atoms with Crippen LogP contribution in [0.1, 0.15) is 18.4 Å². The van der Waals surface area contributed by atoms with E-state index in [0.29, 0.717) is 5.69 Å². The quantitative estimate of drug-likeness (QED) is 0.868. The van der Waals surface area contributed by atoms with Gasteiger partial charge in [0.05, 0.1) is 23.0 Å². The number of hydrogen-bond donors (Lipinski definition) is 2. The maximum absolute atomic E-state index is 13.8. The van der Waals surface area contributed by atoms with Crippen LogP contribution in [0.25, 0.3) is 0 Å². The van der Waals surface area contributed by atoms with Crippen LogP contribution >= 0.6 is 0 Å². The third-order valence-corrected chi connectivity index (χ3v) is 4.93. The molecule has 0 heterocycles. The number of sulfonamides is 1. The second-order valence-corrected chi connectivity index (χ2v) is 7.07. The Bertz CT molecular complexity index is 915. The molecule has 5 nitrogen and oxygen atoms in total. The number of rotatable bonds is 5. The van der Waals surface area contributed by atoms with Gasteiger partial charge >= 0.3 is 0 Å². The summed E-state index contributed by atoms with van der Waals surface area (Å²) in [6.45, 7) is 0. The van der Waals surface area contributed by atoms with Crippen molar-refractivity contribution in [1.82, 2.24) is 0 Å². The molecule has 2 aromatic rings. The van der Waals surface area contributed by atoms with Crippen LogP contribution in [0.15, 0.2) is 41.3 Å². The Morgan fingerprint density at radius 2 is 1.75 bits per heavy atom. The summed E-state index contributed by atoms with van der Waals surface area (Å²) in [7, 11) is -4.49. The molecule has 0 saturated heterocycles. The molecule has 1 aliphatic rings. The number of anilines is 2. The molecule has 0 aromatic heterocycles. The molecule has 1 fully saturated rings. The minimum Gasteiger partial charge on any atom is -0.381 e. The van der Waals surface area contributed by atoms with Gasteiger partial charge in [0.2, 0.25) is 0 Å². The maximum Gasteiger partial charge on any atom is 0.267 e. The molecular weight excluding hydrogens is 336 g/mol. The Morgan fingerprint density at radius 1 is 1.08 bits per heavy atom. The van der Waals surface area contributed by atoms with Crippen LogP contribution in [0.5, 0.6) is 0 Å². The van der Waals surface area contributed by atoms with Gasteiger partial charge in [-0.15, -0.1) is 0 Å². The predicted molar refractivity (Wildman–Crippen MR) is 85.0 cm³/mol. The molecule has 0 atom stereocenters. The van der Waals surface area contributed by atoms with E-state index in [1.807, 2.05) is 6.07 Å². The summed E-state index contributed by atoms with van der Waals surface area (Å²) in [6, 6.07) is 9.36. The summed E-state index contributed by atoms with van der Waals surface area (Å²) in [5, 5.41) is 12.1. The summed E-state index contributed by atoms with van der Waals surface area (Å²) in [5.41, 5.74) is 0.753. The molecule has 0 amide bonds. The number of nitriles is 1. The Balaban J connectivity index is 2.01. The van der Waals surface area contributed by atoms with Gasteiger partial charge < -0.3 is 5.32 Å². The second-order valence-electron chi connectivity index (χ2n) is 5.45. The summed E-state index contributed by atoms with van der Waals surface area (Å²) in [4.78, 5) is -1.05. The van der Waals surface area contributed by atoms with Gasteiger partial charge in [-0.25, -0.2) is 17.2 Å². The van der Waals surface area contributed by atoms with Crippen LogP contribution in [0.2, 0.25) is 0 Å². The average molecular weight is 349 g/mol. The molecule has 24 heavy (non-hydrogen) atoms. The van der Waals surface area contributed by atoms with E-state index in [4.69, 9.17) is 5.26 Å². The van der Waals surface area contributed by atoms with Crippen LogP contribution in [-0.4, -0.2) is 14.5 Å². The second kappa shape index (κ2) is 6.09. The van der Waals surface area contributed by atoms with Crippen molar-refractivity contribution in [3.63, 3.8) is 0 Å². The van der Waals surface area contributed by atoms with E-state index < -0.39 is 26.6 Å². The van der Waals surface area contributed by atoms with E-state index in [9.17, 15) is 17.2 Å². The number of hydrogen-bond acceptors (Lipinski definition) is 4. The Labute approximate surface area is 138 Å². The molecular formula is C16H13F2N3O2S. The standard InChI is InChI=1S/C16H13F2N3O2S/c17-12-2-1-3-13(18)16(12)24(22,23)21-15-8-10(9-19)4-7-14(15)20-11-5-6-11/h1-4,7-8,11,20-21H,5-6H2. The number of benzene rings is 2. The highest BCUT2D eigenvalue weighted by atomic mass is 32.2. The zero-order valence-electron chi connectivity index (χ0n) is 12.4. The fourth-order valence-corrected chi connectivity index (χ4v) is 3.42. The summed E-state index contributed by atoms with van der Waals surface area (Å²) in [6.07, 6.45) is 1.91. The molecule has 0 bridgehead atoms. The van der Waals surface area contributed by atoms with Crippen LogP contribution < -0.4 is 10.0 Å². The van der Waals surface area contributed by atoms with Crippen LogP contribution in [0.3, 0.4) is 0 Å². The van der Waals surface area contributed by atoms with Gasteiger partial charge in [-0.3, -0.25) is 4.72 Å². The molecule has 0 spiro atoms. The van der Waals surface area contributed by atoms with E-state index in [2.05, 4.69) is 10.0 Å². The summed E-state index contributed by atoms with van der Waals surface area (Å²) in [5.74, 6) is -2.37. The first kappa shape index (κ1) is 16.2. The van der Waals surface area contributed by atoms with Crippen molar-refractivity contribution in [1.29, 1.82) is 5.26 Å². The average Bonchev–Trinajstić information content (AvgIpc) is 3.32. The Morgan fingerprint density at radius 3 is 2.33 bits per heavy atom. The smallest absolute Gasteiger partial charge is 0.267 e. The SMILES string of the molecule is N#Cc1ccc(NC2CC2)c(NS(=O)(=O)c2c(F)cccc2F)c1. The van der Waals surface area contributed by atoms with Gasteiger partial charge in [0, 0.05) is 6.04 Å². The highest BCUT2D eigenvalue weighted by molar-refractivity contribution is 7.92. The lowest BCUT2D eigenvalue weighted by atomic mass is 10.2. The van der Waals surface area contributed by atoms with Gasteiger partial charge in [0.25, 0.3) is 10.0 Å². The van der Waals surface area contributed by atoms with Crippen molar-refractivity contribution in [2.45, 2.75) is 23.8 Å². The molecule has 2 aromatic carbocycles.